The van der Waals surface area contributed by atoms with Crippen LogP contribution >= 0.6 is 38.9 Å². The first kappa shape index (κ1) is 15.0. The van der Waals surface area contributed by atoms with Crippen LogP contribution in [-0.2, 0) is 0 Å². The second-order valence-electron chi connectivity index (χ2n) is 4.55. The molecule has 1 aromatic heterocycles. The largest absolute Gasteiger partial charge is 0.306 e. The van der Waals surface area contributed by atoms with Gasteiger partial charge in [0.25, 0.3) is 0 Å². The lowest BCUT2D eigenvalue weighted by Crippen LogP contribution is -2.21. The van der Waals surface area contributed by atoms with Crippen LogP contribution in [0, 0.1) is 13.8 Å². The number of rotatable bonds is 4. The molecule has 0 radical (unpaired) electrons. The lowest BCUT2D eigenvalue weighted by molar-refractivity contribution is 0.639. The van der Waals surface area contributed by atoms with Gasteiger partial charge < -0.3 is 5.32 Å². The SMILES string of the molecule is CCNC(c1ccc(Cl)c(C)c1)c1cc(Br)c(C)s1. The molecule has 1 N–H and O–H groups in total. The molecule has 0 saturated carbocycles. The number of aryl methyl sites for hydroxylation is 2. The molecule has 0 amide bonds. The molecule has 19 heavy (non-hydrogen) atoms. The molecule has 0 spiro atoms. The molecule has 1 nitrogen and oxygen atoms in total. The molecule has 0 bridgehead atoms. The molecule has 2 aromatic rings. The van der Waals surface area contributed by atoms with Gasteiger partial charge in [-0.25, -0.2) is 0 Å². The standard InChI is InChI=1S/C15H17BrClNS/c1-4-18-15(14-8-12(16)10(3)19-14)11-5-6-13(17)9(2)7-11/h5-8,15,18H,4H2,1-3H3. The van der Waals surface area contributed by atoms with Gasteiger partial charge in [-0.15, -0.1) is 11.3 Å². The lowest BCUT2D eigenvalue weighted by Gasteiger charge is -2.18. The van der Waals surface area contributed by atoms with Crippen LogP contribution in [0.5, 0.6) is 0 Å². The Labute approximate surface area is 132 Å². The van der Waals surface area contributed by atoms with E-state index in [-0.39, 0.29) is 6.04 Å². The summed E-state index contributed by atoms with van der Waals surface area (Å²) in [5, 5.41) is 4.37. The van der Waals surface area contributed by atoms with Gasteiger partial charge in [-0.3, -0.25) is 0 Å². The minimum atomic E-state index is 0.232. The van der Waals surface area contributed by atoms with Crippen LogP contribution in [0.25, 0.3) is 0 Å². The summed E-state index contributed by atoms with van der Waals surface area (Å²) in [7, 11) is 0. The Kier molecular flexibility index (Phi) is 5.07. The Morgan fingerprint density at radius 1 is 1.32 bits per heavy atom. The summed E-state index contributed by atoms with van der Waals surface area (Å²) in [5.74, 6) is 0. The Morgan fingerprint density at radius 3 is 2.58 bits per heavy atom. The summed E-state index contributed by atoms with van der Waals surface area (Å²) < 4.78 is 1.18. The average Bonchev–Trinajstić information content (AvgIpc) is 2.70. The van der Waals surface area contributed by atoms with Crippen LogP contribution < -0.4 is 5.32 Å². The van der Waals surface area contributed by atoms with Gasteiger partial charge in [0.2, 0.25) is 0 Å². The molecule has 102 valence electrons. The van der Waals surface area contributed by atoms with Gasteiger partial charge in [-0.05, 0) is 59.6 Å². The molecular formula is C15H17BrClNS. The maximum absolute atomic E-state index is 6.11. The Bertz CT molecular complexity index is 560. The fraction of sp³-hybridized carbons (Fsp3) is 0.333. The highest BCUT2D eigenvalue weighted by atomic mass is 79.9. The second-order valence-corrected chi connectivity index (χ2v) is 7.10. The van der Waals surface area contributed by atoms with Crippen LogP contribution in [0.15, 0.2) is 28.7 Å². The predicted octanol–water partition coefficient (Wildman–Crippen LogP) is 5.48. The van der Waals surface area contributed by atoms with E-state index in [1.54, 1.807) is 0 Å². The Morgan fingerprint density at radius 2 is 2.05 bits per heavy atom. The van der Waals surface area contributed by atoms with E-state index in [2.05, 4.69) is 53.3 Å². The van der Waals surface area contributed by atoms with E-state index in [1.807, 2.05) is 24.3 Å². The van der Waals surface area contributed by atoms with Crippen molar-refractivity contribution in [3.05, 3.63) is 54.6 Å². The summed E-state index contributed by atoms with van der Waals surface area (Å²) in [6.07, 6.45) is 0. The molecule has 2 rings (SSSR count). The third-order valence-corrected chi connectivity index (χ3v) is 5.71. The van der Waals surface area contributed by atoms with Gasteiger partial charge in [0.05, 0.1) is 6.04 Å². The van der Waals surface area contributed by atoms with E-state index in [0.29, 0.717) is 0 Å². The van der Waals surface area contributed by atoms with Crippen molar-refractivity contribution < 1.29 is 0 Å². The highest BCUT2D eigenvalue weighted by molar-refractivity contribution is 9.10. The molecule has 1 aromatic carbocycles. The quantitative estimate of drug-likeness (QED) is 0.763. The number of nitrogens with one attached hydrogen (secondary N) is 1. The van der Waals surface area contributed by atoms with Crippen LogP contribution in [0.2, 0.25) is 5.02 Å². The zero-order valence-corrected chi connectivity index (χ0v) is 14.4. The molecule has 1 atom stereocenters. The van der Waals surface area contributed by atoms with Crippen molar-refractivity contribution in [3.63, 3.8) is 0 Å². The Balaban J connectivity index is 2.41. The van der Waals surface area contributed by atoms with Crippen molar-refractivity contribution in [2.24, 2.45) is 0 Å². The summed E-state index contributed by atoms with van der Waals surface area (Å²) in [6.45, 7) is 7.24. The van der Waals surface area contributed by atoms with Crippen molar-refractivity contribution in [1.29, 1.82) is 0 Å². The average molecular weight is 359 g/mol. The number of halogens is 2. The molecule has 0 aliphatic heterocycles. The van der Waals surface area contributed by atoms with Crippen LogP contribution in [0.1, 0.15) is 33.8 Å². The maximum atomic E-state index is 6.11. The number of hydrogen-bond donors (Lipinski definition) is 1. The molecule has 1 heterocycles. The first-order valence-corrected chi connectivity index (χ1v) is 8.27. The van der Waals surface area contributed by atoms with E-state index in [1.165, 1.54) is 19.8 Å². The third-order valence-electron chi connectivity index (χ3n) is 3.08. The van der Waals surface area contributed by atoms with Gasteiger partial charge in [0.1, 0.15) is 0 Å². The monoisotopic (exact) mass is 357 g/mol. The Hall–Kier alpha value is -0.350. The molecule has 1 unspecified atom stereocenters. The predicted molar refractivity (Wildman–Crippen MR) is 88.5 cm³/mol. The van der Waals surface area contributed by atoms with Crippen molar-refractivity contribution in [1.82, 2.24) is 5.32 Å². The highest BCUT2D eigenvalue weighted by Crippen LogP contribution is 2.34. The van der Waals surface area contributed by atoms with E-state index in [9.17, 15) is 0 Å². The highest BCUT2D eigenvalue weighted by Gasteiger charge is 2.17. The number of hydrogen-bond acceptors (Lipinski definition) is 2. The molecule has 0 fully saturated rings. The molecule has 0 aliphatic rings. The zero-order chi connectivity index (χ0) is 14.0. The molecule has 0 aliphatic carbocycles. The van der Waals surface area contributed by atoms with Crippen molar-refractivity contribution in [2.45, 2.75) is 26.8 Å². The normalized spacial score (nSPS) is 12.7. The van der Waals surface area contributed by atoms with Crippen LogP contribution in [0.4, 0.5) is 0 Å². The number of thiophene rings is 1. The van der Waals surface area contributed by atoms with Gasteiger partial charge in [-0.2, -0.15) is 0 Å². The second kappa shape index (κ2) is 6.40. The summed E-state index contributed by atoms with van der Waals surface area (Å²) in [5.41, 5.74) is 2.38. The van der Waals surface area contributed by atoms with E-state index in [4.69, 9.17) is 11.6 Å². The topological polar surface area (TPSA) is 12.0 Å². The summed E-state index contributed by atoms with van der Waals surface area (Å²) in [6, 6.07) is 8.68. The number of benzene rings is 1. The maximum Gasteiger partial charge on any atom is 0.0671 e. The third kappa shape index (κ3) is 3.40. The van der Waals surface area contributed by atoms with E-state index in [0.717, 1.165) is 17.1 Å². The van der Waals surface area contributed by atoms with Crippen molar-refractivity contribution in [3.8, 4) is 0 Å². The first-order chi connectivity index (χ1) is 9.02. The van der Waals surface area contributed by atoms with E-state index < -0.39 is 0 Å². The molecular weight excluding hydrogens is 342 g/mol. The van der Waals surface area contributed by atoms with Crippen molar-refractivity contribution >= 4 is 38.9 Å². The molecule has 4 heteroatoms. The van der Waals surface area contributed by atoms with E-state index >= 15 is 0 Å². The first-order valence-electron chi connectivity index (χ1n) is 6.28. The molecule has 0 saturated heterocycles. The fourth-order valence-electron chi connectivity index (χ4n) is 2.06. The van der Waals surface area contributed by atoms with Gasteiger partial charge >= 0.3 is 0 Å². The lowest BCUT2D eigenvalue weighted by atomic mass is 10.0. The van der Waals surface area contributed by atoms with Crippen molar-refractivity contribution in [2.75, 3.05) is 6.54 Å². The van der Waals surface area contributed by atoms with Crippen LogP contribution in [-0.4, -0.2) is 6.54 Å². The van der Waals surface area contributed by atoms with Gasteiger partial charge in [-0.1, -0.05) is 30.7 Å². The van der Waals surface area contributed by atoms with Gasteiger partial charge in [0.15, 0.2) is 0 Å². The zero-order valence-electron chi connectivity index (χ0n) is 11.3. The summed E-state index contributed by atoms with van der Waals surface area (Å²) >= 11 is 11.5. The fourth-order valence-corrected chi connectivity index (χ4v) is 3.84. The summed E-state index contributed by atoms with van der Waals surface area (Å²) in [4.78, 5) is 2.64. The van der Waals surface area contributed by atoms with Gasteiger partial charge in [0, 0.05) is 19.2 Å². The minimum Gasteiger partial charge on any atom is -0.306 e. The minimum absolute atomic E-state index is 0.232. The van der Waals surface area contributed by atoms with Crippen LogP contribution in [0.3, 0.4) is 0 Å². The smallest absolute Gasteiger partial charge is 0.0671 e.